The number of nitrogens with zero attached hydrogens (tertiary/aromatic N) is 4. The molecule has 3 aromatic carbocycles. The van der Waals surface area contributed by atoms with Gasteiger partial charge in [0.15, 0.2) is 5.16 Å². The molecule has 0 radical (unpaired) electrons. The Hall–Kier alpha value is -3.60. The molecular weight excluding hydrogens is 456 g/mol. The first kappa shape index (κ1) is 22.6. The minimum absolute atomic E-state index is 0.0373. The van der Waals surface area contributed by atoms with E-state index in [4.69, 9.17) is 16.9 Å². The maximum Gasteiger partial charge on any atom is 0.266 e. The number of rotatable bonds is 7. The highest BCUT2D eigenvalue weighted by Gasteiger charge is 2.20. The number of benzene rings is 3. The van der Waals surface area contributed by atoms with E-state index in [2.05, 4.69) is 11.1 Å². The Kier molecular flexibility index (Phi) is 7.08. The minimum atomic E-state index is -0.256. The number of aromatic nitrogens is 2. The summed E-state index contributed by atoms with van der Waals surface area (Å²) >= 11 is 7.57. The van der Waals surface area contributed by atoms with Crippen LogP contribution in [0.25, 0.3) is 16.6 Å². The van der Waals surface area contributed by atoms with Crippen molar-refractivity contribution in [1.29, 1.82) is 5.26 Å². The summed E-state index contributed by atoms with van der Waals surface area (Å²) in [6, 6.07) is 25.4. The van der Waals surface area contributed by atoms with Gasteiger partial charge in [-0.25, -0.2) is 4.98 Å². The molecule has 6 nitrogen and oxygen atoms in total. The van der Waals surface area contributed by atoms with Crippen molar-refractivity contribution in [1.82, 2.24) is 9.55 Å². The van der Waals surface area contributed by atoms with E-state index in [1.165, 1.54) is 4.57 Å². The number of halogens is 1. The van der Waals surface area contributed by atoms with Crippen molar-refractivity contribution < 1.29 is 4.79 Å². The number of para-hydroxylation sites is 3. The number of hydrogen-bond acceptors (Lipinski definition) is 5. The highest BCUT2D eigenvalue weighted by Crippen LogP contribution is 2.26. The fourth-order valence-corrected chi connectivity index (χ4v) is 4.53. The van der Waals surface area contributed by atoms with Crippen molar-refractivity contribution >= 4 is 45.9 Å². The molecule has 1 heterocycles. The van der Waals surface area contributed by atoms with Gasteiger partial charge in [0, 0.05) is 12.2 Å². The van der Waals surface area contributed by atoms with Crippen LogP contribution in [0.15, 0.2) is 88.8 Å². The standard InChI is InChI=1S/C25H19ClN4O2S/c26-20-12-5-7-14-22(20)30-24(32)19-11-4-6-13-21(19)28-25(30)33-17-23(31)29(16-8-15-27)18-9-2-1-3-10-18/h1-7,9-14H,8,16-17H2. The minimum Gasteiger partial charge on any atom is -0.311 e. The molecule has 0 aliphatic heterocycles. The van der Waals surface area contributed by atoms with Gasteiger partial charge in [-0.1, -0.05) is 65.8 Å². The molecule has 0 N–H and O–H groups in total. The van der Waals surface area contributed by atoms with E-state index in [1.807, 2.05) is 36.4 Å². The summed E-state index contributed by atoms with van der Waals surface area (Å²) in [6.07, 6.45) is 0.212. The van der Waals surface area contributed by atoms with Crippen LogP contribution in [0.4, 0.5) is 5.69 Å². The van der Waals surface area contributed by atoms with Gasteiger partial charge in [-0.3, -0.25) is 14.2 Å². The molecule has 4 aromatic rings. The van der Waals surface area contributed by atoms with Gasteiger partial charge in [-0.2, -0.15) is 5.26 Å². The molecule has 1 amide bonds. The number of nitriles is 1. The van der Waals surface area contributed by atoms with Gasteiger partial charge in [0.1, 0.15) is 0 Å². The molecular formula is C25H19ClN4O2S. The number of carbonyl (C=O) groups is 1. The number of carbonyl (C=O) groups excluding carboxylic acids is 1. The van der Waals surface area contributed by atoms with Crippen LogP contribution in [-0.2, 0) is 4.79 Å². The summed E-state index contributed by atoms with van der Waals surface area (Å²) in [4.78, 5) is 32.7. The second kappa shape index (κ2) is 10.3. The third kappa shape index (κ3) is 4.92. The SMILES string of the molecule is N#CCCN(C(=O)CSc1nc2ccccc2c(=O)n1-c1ccccc1Cl)c1ccccc1. The molecule has 1 aromatic heterocycles. The molecule has 0 bridgehead atoms. The summed E-state index contributed by atoms with van der Waals surface area (Å²) < 4.78 is 1.45. The molecule has 0 fully saturated rings. The van der Waals surface area contributed by atoms with Gasteiger partial charge in [0.05, 0.1) is 39.9 Å². The average Bonchev–Trinajstić information content (AvgIpc) is 2.84. The smallest absolute Gasteiger partial charge is 0.266 e. The summed E-state index contributed by atoms with van der Waals surface area (Å²) in [7, 11) is 0. The fourth-order valence-electron chi connectivity index (χ4n) is 3.43. The lowest BCUT2D eigenvalue weighted by Gasteiger charge is -2.22. The highest BCUT2D eigenvalue weighted by molar-refractivity contribution is 7.99. The van der Waals surface area contributed by atoms with Crippen LogP contribution in [-0.4, -0.2) is 27.8 Å². The van der Waals surface area contributed by atoms with Crippen LogP contribution in [0.1, 0.15) is 6.42 Å². The van der Waals surface area contributed by atoms with Crippen LogP contribution in [0.5, 0.6) is 0 Å². The Bertz CT molecular complexity index is 1400. The molecule has 8 heteroatoms. The van der Waals surface area contributed by atoms with Gasteiger partial charge in [0.2, 0.25) is 5.91 Å². The summed E-state index contributed by atoms with van der Waals surface area (Å²) in [5.41, 5.74) is 1.51. The predicted octanol–water partition coefficient (Wildman–Crippen LogP) is 5.08. The van der Waals surface area contributed by atoms with Crippen molar-refractivity contribution in [3.63, 3.8) is 0 Å². The fraction of sp³-hybridized carbons (Fsp3) is 0.120. The normalized spacial score (nSPS) is 10.7. The maximum atomic E-state index is 13.4. The zero-order valence-corrected chi connectivity index (χ0v) is 19.1. The molecule has 164 valence electrons. The lowest BCUT2D eigenvalue weighted by atomic mass is 10.2. The van der Waals surface area contributed by atoms with E-state index in [9.17, 15) is 9.59 Å². The Labute approximate surface area is 200 Å². The Morgan fingerprint density at radius 3 is 2.48 bits per heavy atom. The molecule has 0 aliphatic rings. The Morgan fingerprint density at radius 1 is 1.03 bits per heavy atom. The van der Waals surface area contributed by atoms with Crippen LogP contribution >= 0.6 is 23.4 Å². The number of anilines is 1. The zero-order chi connectivity index (χ0) is 23.2. The molecule has 0 aliphatic carbocycles. The Balaban J connectivity index is 1.72. The number of fused-ring (bicyclic) bond motifs is 1. The molecule has 0 saturated heterocycles. The second-order valence-electron chi connectivity index (χ2n) is 7.08. The van der Waals surface area contributed by atoms with Crippen LogP contribution in [0.3, 0.4) is 0 Å². The first-order valence-corrected chi connectivity index (χ1v) is 11.6. The van der Waals surface area contributed by atoms with Gasteiger partial charge in [-0.15, -0.1) is 0 Å². The van der Waals surface area contributed by atoms with E-state index < -0.39 is 0 Å². The lowest BCUT2D eigenvalue weighted by molar-refractivity contribution is -0.116. The van der Waals surface area contributed by atoms with E-state index in [1.54, 1.807) is 47.4 Å². The molecule has 4 rings (SSSR count). The lowest BCUT2D eigenvalue weighted by Crippen LogP contribution is -2.33. The van der Waals surface area contributed by atoms with Crippen LogP contribution in [0.2, 0.25) is 5.02 Å². The van der Waals surface area contributed by atoms with Crippen molar-refractivity contribution in [2.24, 2.45) is 0 Å². The molecule has 0 saturated carbocycles. The molecule has 0 spiro atoms. The quantitative estimate of drug-likeness (QED) is 0.276. The third-order valence-corrected chi connectivity index (χ3v) is 6.22. The van der Waals surface area contributed by atoms with Crippen molar-refractivity contribution in [3.8, 4) is 11.8 Å². The van der Waals surface area contributed by atoms with E-state index >= 15 is 0 Å². The topological polar surface area (TPSA) is 79.0 Å². The van der Waals surface area contributed by atoms with E-state index in [0.717, 1.165) is 11.8 Å². The highest BCUT2D eigenvalue weighted by atomic mass is 35.5. The maximum absolute atomic E-state index is 13.4. The molecule has 33 heavy (non-hydrogen) atoms. The largest absolute Gasteiger partial charge is 0.311 e. The van der Waals surface area contributed by atoms with Crippen molar-refractivity contribution in [2.45, 2.75) is 11.6 Å². The van der Waals surface area contributed by atoms with Crippen LogP contribution < -0.4 is 10.5 Å². The summed E-state index contributed by atoms with van der Waals surface area (Å²) in [5.74, 6) is -0.148. The number of thioether (sulfide) groups is 1. The van der Waals surface area contributed by atoms with Gasteiger partial charge >= 0.3 is 0 Å². The van der Waals surface area contributed by atoms with Crippen molar-refractivity contribution in [3.05, 3.63) is 94.2 Å². The average molecular weight is 475 g/mol. The summed E-state index contributed by atoms with van der Waals surface area (Å²) in [5, 5.41) is 10.3. The van der Waals surface area contributed by atoms with E-state index in [-0.39, 0.29) is 30.2 Å². The first-order valence-electron chi connectivity index (χ1n) is 10.2. The van der Waals surface area contributed by atoms with Crippen molar-refractivity contribution in [2.75, 3.05) is 17.2 Å². The number of hydrogen-bond donors (Lipinski definition) is 0. The zero-order valence-electron chi connectivity index (χ0n) is 17.5. The number of amides is 1. The first-order chi connectivity index (χ1) is 16.1. The van der Waals surface area contributed by atoms with Crippen LogP contribution in [0, 0.1) is 11.3 Å². The van der Waals surface area contributed by atoms with Gasteiger partial charge in [-0.05, 0) is 36.4 Å². The van der Waals surface area contributed by atoms with E-state index in [0.29, 0.717) is 32.5 Å². The molecule has 0 atom stereocenters. The van der Waals surface area contributed by atoms with Gasteiger partial charge < -0.3 is 4.90 Å². The van der Waals surface area contributed by atoms with Gasteiger partial charge in [0.25, 0.3) is 5.56 Å². The second-order valence-corrected chi connectivity index (χ2v) is 8.43. The predicted molar refractivity (Wildman–Crippen MR) is 132 cm³/mol. The Morgan fingerprint density at radius 2 is 1.73 bits per heavy atom. The monoisotopic (exact) mass is 474 g/mol. The molecule has 0 unspecified atom stereocenters. The third-order valence-electron chi connectivity index (χ3n) is 4.98. The summed E-state index contributed by atoms with van der Waals surface area (Å²) in [6.45, 7) is 0.280.